The number of ether oxygens (including phenoxy) is 6. The molecule has 0 aromatic carbocycles. The molecule has 11 nitrogen and oxygen atoms in total. The largest absolute Gasteiger partial charge is 0.463 e. The van der Waals surface area contributed by atoms with Gasteiger partial charge in [0.05, 0.1) is 0 Å². The minimum Gasteiger partial charge on any atom is -0.463 e. The first-order valence-electron chi connectivity index (χ1n) is 7.99. The molecule has 0 N–H and O–H groups in total. The summed E-state index contributed by atoms with van der Waals surface area (Å²) in [6.45, 7) is 5.13. The number of hydrogen-bond acceptors (Lipinski definition) is 11. The van der Waals surface area contributed by atoms with E-state index >= 15 is 0 Å². The van der Waals surface area contributed by atoms with Crippen molar-refractivity contribution in [2.75, 3.05) is 6.61 Å². The Morgan fingerprint density at radius 3 is 1.52 bits per heavy atom. The minimum atomic E-state index is -1.48. The van der Waals surface area contributed by atoms with Crippen LogP contribution in [0.25, 0.3) is 0 Å². The van der Waals surface area contributed by atoms with Crippen LogP contribution in [0.1, 0.15) is 34.6 Å². The van der Waals surface area contributed by atoms with Crippen LogP contribution in [-0.2, 0) is 52.4 Å². The first-order chi connectivity index (χ1) is 12.5. The summed E-state index contributed by atoms with van der Waals surface area (Å²) in [5.74, 6) is -3.71. The van der Waals surface area contributed by atoms with Crippen molar-refractivity contribution >= 4 is 29.8 Å². The molecule has 1 heterocycles. The lowest BCUT2D eigenvalue weighted by molar-refractivity contribution is -0.300. The number of carbonyl (C=O) groups excluding carboxylic acids is 5. The lowest BCUT2D eigenvalue weighted by atomic mass is 9.98. The zero-order valence-corrected chi connectivity index (χ0v) is 15.6. The molecule has 0 saturated carbocycles. The molecule has 1 rings (SSSR count). The average Bonchev–Trinajstić information content (AvgIpc) is 2.49. The van der Waals surface area contributed by atoms with Gasteiger partial charge in [-0.2, -0.15) is 0 Å². The van der Waals surface area contributed by atoms with Crippen molar-refractivity contribution in [2.24, 2.45) is 0 Å². The number of esters is 5. The van der Waals surface area contributed by atoms with Crippen LogP contribution >= 0.6 is 0 Å². The molecule has 1 saturated heterocycles. The molecule has 0 bridgehead atoms. The first kappa shape index (κ1) is 22.4. The predicted octanol–water partition coefficient (Wildman–Crippen LogP) is -0.367. The monoisotopic (exact) mass is 390 g/mol. The zero-order valence-electron chi connectivity index (χ0n) is 15.6. The second-order valence-electron chi connectivity index (χ2n) is 5.68. The Balaban J connectivity index is 3.29. The first-order valence-corrected chi connectivity index (χ1v) is 7.99. The summed E-state index contributed by atoms with van der Waals surface area (Å²) in [6, 6.07) is 0. The van der Waals surface area contributed by atoms with E-state index in [1.165, 1.54) is 0 Å². The summed E-state index contributed by atoms with van der Waals surface area (Å²) >= 11 is 0. The smallest absolute Gasteiger partial charge is 0.305 e. The molecule has 1 aliphatic rings. The van der Waals surface area contributed by atoms with E-state index in [0.717, 1.165) is 34.6 Å². The third-order valence-electron chi connectivity index (χ3n) is 3.23. The number of hydrogen-bond donors (Lipinski definition) is 0. The van der Waals surface area contributed by atoms with Crippen molar-refractivity contribution in [3.63, 3.8) is 0 Å². The zero-order chi connectivity index (χ0) is 20.7. The minimum absolute atomic E-state index is 0.393. The third-order valence-corrected chi connectivity index (χ3v) is 3.23. The second kappa shape index (κ2) is 9.86. The lowest BCUT2D eigenvalue weighted by Gasteiger charge is -2.43. The molecule has 27 heavy (non-hydrogen) atoms. The van der Waals surface area contributed by atoms with Crippen LogP contribution in [0, 0.1) is 0 Å². The topological polar surface area (TPSA) is 141 Å². The van der Waals surface area contributed by atoms with E-state index in [-0.39, 0.29) is 0 Å². The molecule has 1 aliphatic heterocycles. The van der Waals surface area contributed by atoms with E-state index in [9.17, 15) is 24.0 Å². The van der Waals surface area contributed by atoms with Crippen LogP contribution in [0.4, 0.5) is 0 Å². The summed E-state index contributed by atoms with van der Waals surface area (Å²) in [7, 11) is 0. The third kappa shape index (κ3) is 7.21. The van der Waals surface area contributed by atoms with Crippen LogP contribution in [0.15, 0.2) is 0 Å². The fourth-order valence-electron chi connectivity index (χ4n) is 2.45. The van der Waals surface area contributed by atoms with Crippen molar-refractivity contribution in [3.8, 4) is 0 Å². The molecule has 0 aliphatic carbocycles. The standard InChI is InChI=1S/C16H22O11/c1-7(17)22-6-12-13(23-8(2)18)14(24-9(3)19)15(25-10(4)20)16(27-12)26-11(5)21/h12-16H,6H2,1-5H3/t12-,13+,14+,15+,16-/m0/s1. The Bertz CT molecular complexity index is 599. The van der Waals surface area contributed by atoms with E-state index < -0.39 is 67.2 Å². The van der Waals surface area contributed by atoms with Gasteiger partial charge in [0.15, 0.2) is 12.2 Å². The molecule has 0 unspecified atom stereocenters. The van der Waals surface area contributed by atoms with Crippen LogP contribution in [-0.4, -0.2) is 67.2 Å². The number of carbonyl (C=O) groups is 5. The van der Waals surface area contributed by atoms with Gasteiger partial charge in [0.1, 0.15) is 12.7 Å². The molecular weight excluding hydrogens is 368 g/mol. The van der Waals surface area contributed by atoms with Gasteiger partial charge >= 0.3 is 29.8 Å². The van der Waals surface area contributed by atoms with Gasteiger partial charge in [-0.05, 0) is 0 Å². The quantitative estimate of drug-likeness (QED) is 0.433. The predicted molar refractivity (Wildman–Crippen MR) is 83.7 cm³/mol. The maximum absolute atomic E-state index is 11.5. The van der Waals surface area contributed by atoms with Crippen molar-refractivity contribution in [3.05, 3.63) is 0 Å². The van der Waals surface area contributed by atoms with Crippen LogP contribution in [0.2, 0.25) is 0 Å². The molecule has 0 spiro atoms. The summed E-state index contributed by atoms with van der Waals surface area (Å²) < 4.78 is 30.8. The van der Waals surface area contributed by atoms with Gasteiger partial charge in [-0.25, -0.2) is 0 Å². The molecule has 0 amide bonds. The highest BCUT2D eigenvalue weighted by atomic mass is 16.7. The summed E-state index contributed by atoms with van der Waals surface area (Å²) in [6.07, 6.45) is -6.70. The maximum atomic E-state index is 11.5. The Labute approximate surface area is 155 Å². The second-order valence-corrected chi connectivity index (χ2v) is 5.68. The number of rotatable bonds is 6. The molecule has 0 aromatic heterocycles. The van der Waals surface area contributed by atoms with Gasteiger partial charge in [-0.3, -0.25) is 24.0 Å². The highest BCUT2D eigenvalue weighted by Gasteiger charge is 2.53. The Kier molecular flexibility index (Phi) is 8.16. The van der Waals surface area contributed by atoms with Gasteiger partial charge in [-0.1, -0.05) is 0 Å². The van der Waals surface area contributed by atoms with Gasteiger partial charge in [0, 0.05) is 34.6 Å². The lowest BCUT2D eigenvalue weighted by Crippen LogP contribution is -2.63. The molecular formula is C16H22O11. The van der Waals surface area contributed by atoms with Crippen LogP contribution in [0.5, 0.6) is 0 Å². The molecule has 0 radical (unpaired) electrons. The SMILES string of the molecule is CC(=O)OC[C@@H]1O[C@H](OC(C)=O)[C@H](OC(C)=O)[C@H](OC(C)=O)[C@@H]1OC(C)=O. The normalized spacial score (nSPS) is 27.1. The van der Waals surface area contributed by atoms with E-state index in [1.54, 1.807) is 0 Å². The van der Waals surface area contributed by atoms with E-state index in [0.29, 0.717) is 0 Å². The van der Waals surface area contributed by atoms with Gasteiger partial charge < -0.3 is 28.4 Å². The summed E-state index contributed by atoms with van der Waals surface area (Å²) in [5.41, 5.74) is 0. The van der Waals surface area contributed by atoms with E-state index in [4.69, 9.17) is 28.4 Å². The fourth-order valence-corrected chi connectivity index (χ4v) is 2.45. The molecule has 5 atom stereocenters. The van der Waals surface area contributed by atoms with Gasteiger partial charge in [0.2, 0.25) is 12.4 Å². The van der Waals surface area contributed by atoms with E-state index in [2.05, 4.69) is 0 Å². The Hall–Kier alpha value is -2.69. The highest BCUT2D eigenvalue weighted by Crippen LogP contribution is 2.29. The summed E-state index contributed by atoms with van der Waals surface area (Å²) in [5, 5.41) is 0. The van der Waals surface area contributed by atoms with Crippen molar-refractivity contribution < 1.29 is 52.4 Å². The van der Waals surface area contributed by atoms with Crippen LogP contribution in [0.3, 0.4) is 0 Å². The van der Waals surface area contributed by atoms with E-state index in [1.807, 2.05) is 0 Å². The van der Waals surface area contributed by atoms with Crippen LogP contribution < -0.4 is 0 Å². The highest BCUT2D eigenvalue weighted by molar-refractivity contribution is 5.69. The van der Waals surface area contributed by atoms with Gasteiger partial charge in [0.25, 0.3) is 0 Å². The maximum Gasteiger partial charge on any atom is 0.305 e. The molecule has 11 heteroatoms. The molecule has 1 fully saturated rings. The average molecular weight is 390 g/mol. The fraction of sp³-hybridized carbons (Fsp3) is 0.688. The summed E-state index contributed by atoms with van der Waals surface area (Å²) in [4.78, 5) is 57.0. The molecule has 0 aromatic rings. The Morgan fingerprint density at radius 1 is 0.630 bits per heavy atom. The Morgan fingerprint density at radius 2 is 1.07 bits per heavy atom. The van der Waals surface area contributed by atoms with Gasteiger partial charge in [-0.15, -0.1) is 0 Å². The van der Waals surface area contributed by atoms with Crippen molar-refractivity contribution in [1.82, 2.24) is 0 Å². The molecule has 152 valence electrons. The van der Waals surface area contributed by atoms with Crippen molar-refractivity contribution in [2.45, 2.75) is 65.3 Å². The van der Waals surface area contributed by atoms with Crippen molar-refractivity contribution in [1.29, 1.82) is 0 Å².